The Morgan fingerprint density at radius 3 is 1.41 bits per heavy atom. The average Bonchev–Trinajstić information content (AvgIpc) is 2.69. The van der Waals surface area contributed by atoms with Crippen molar-refractivity contribution in [3.05, 3.63) is 71.8 Å². The summed E-state index contributed by atoms with van der Waals surface area (Å²) in [5.74, 6) is 1.65. The van der Waals surface area contributed by atoms with Gasteiger partial charge in [0.15, 0.2) is 0 Å². The molecule has 0 aromatic heterocycles. The Hall–Kier alpha value is -2.56. The van der Waals surface area contributed by atoms with Gasteiger partial charge in [-0.05, 0) is 60.4 Å². The molecule has 0 unspecified atom stereocenters. The van der Waals surface area contributed by atoms with E-state index in [0.717, 1.165) is 40.2 Å². The van der Waals surface area contributed by atoms with Gasteiger partial charge in [0.1, 0.15) is 11.5 Å². The predicted molar refractivity (Wildman–Crippen MR) is 110 cm³/mol. The molecule has 0 saturated carbocycles. The van der Waals surface area contributed by atoms with Crippen LogP contribution in [-0.4, -0.2) is 36.6 Å². The molecular weight excluding hydrogens is 340 g/mol. The first kappa shape index (κ1) is 20.7. The third-order valence-electron chi connectivity index (χ3n) is 4.24. The van der Waals surface area contributed by atoms with Gasteiger partial charge in [0.25, 0.3) is 0 Å². The first-order valence-corrected chi connectivity index (χ1v) is 9.15. The van der Waals surface area contributed by atoms with Gasteiger partial charge < -0.3 is 19.7 Å². The Labute approximate surface area is 161 Å². The predicted octanol–water partition coefficient (Wildman–Crippen LogP) is 4.33. The second kappa shape index (κ2) is 11.2. The van der Waals surface area contributed by atoms with Crippen LogP contribution in [0.3, 0.4) is 0 Å². The third kappa shape index (κ3) is 6.93. The zero-order chi connectivity index (χ0) is 19.5. The molecule has 2 aromatic rings. The Morgan fingerprint density at radius 2 is 1.07 bits per heavy atom. The topological polar surface area (TPSA) is 58.9 Å². The van der Waals surface area contributed by atoms with Crippen LogP contribution in [0.15, 0.2) is 60.7 Å². The molecule has 2 N–H and O–H groups in total. The van der Waals surface area contributed by atoms with E-state index in [2.05, 4.69) is 0 Å². The zero-order valence-corrected chi connectivity index (χ0v) is 16.0. The fraction of sp³-hybridized carbons (Fsp3) is 0.304. The molecule has 0 aliphatic heterocycles. The van der Waals surface area contributed by atoms with E-state index in [1.165, 1.54) is 0 Å². The van der Waals surface area contributed by atoms with Crippen molar-refractivity contribution in [3.63, 3.8) is 0 Å². The van der Waals surface area contributed by atoms with Crippen molar-refractivity contribution < 1.29 is 19.7 Å². The van der Waals surface area contributed by atoms with Gasteiger partial charge in [0.05, 0.1) is 26.4 Å². The lowest BCUT2D eigenvalue weighted by Gasteiger charge is -2.09. The SMILES string of the molecule is C/C(=C\CO)c1ccc(OCCCOc2ccc(/C(C)=C/CO)cc2)cc1. The molecule has 0 aliphatic rings. The van der Waals surface area contributed by atoms with E-state index in [1.807, 2.05) is 62.4 Å². The Bertz CT molecular complexity index is 677. The van der Waals surface area contributed by atoms with E-state index in [9.17, 15) is 0 Å². The van der Waals surface area contributed by atoms with Gasteiger partial charge in [0.2, 0.25) is 0 Å². The van der Waals surface area contributed by atoms with E-state index in [0.29, 0.717) is 13.2 Å². The second-order valence-electron chi connectivity index (χ2n) is 6.24. The first-order valence-electron chi connectivity index (χ1n) is 9.15. The minimum Gasteiger partial charge on any atom is -0.493 e. The monoisotopic (exact) mass is 368 g/mol. The van der Waals surface area contributed by atoms with Gasteiger partial charge in [-0.1, -0.05) is 36.4 Å². The molecule has 0 aliphatic carbocycles. The Morgan fingerprint density at radius 1 is 0.704 bits per heavy atom. The van der Waals surface area contributed by atoms with Gasteiger partial charge in [0, 0.05) is 6.42 Å². The summed E-state index contributed by atoms with van der Waals surface area (Å²) in [4.78, 5) is 0. The highest BCUT2D eigenvalue weighted by Gasteiger charge is 2.00. The maximum atomic E-state index is 8.94. The van der Waals surface area contributed by atoms with Crippen molar-refractivity contribution in [3.8, 4) is 11.5 Å². The van der Waals surface area contributed by atoms with Crippen LogP contribution < -0.4 is 9.47 Å². The molecule has 0 atom stereocenters. The fourth-order valence-corrected chi connectivity index (χ4v) is 2.58. The highest BCUT2D eigenvalue weighted by molar-refractivity contribution is 5.64. The Balaban J connectivity index is 1.71. The fourth-order valence-electron chi connectivity index (χ4n) is 2.58. The van der Waals surface area contributed by atoms with Gasteiger partial charge in [-0.25, -0.2) is 0 Å². The molecule has 0 spiro atoms. The van der Waals surface area contributed by atoms with Crippen molar-refractivity contribution in [2.24, 2.45) is 0 Å². The summed E-state index contributed by atoms with van der Waals surface area (Å²) in [5, 5.41) is 17.9. The molecule has 4 nitrogen and oxygen atoms in total. The highest BCUT2D eigenvalue weighted by atomic mass is 16.5. The number of allylic oxidation sites excluding steroid dienone is 2. The molecule has 2 rings (SSSR count). The Kier molecular flexibility index (Phi) is 8.62. The largest absolute Gasteiger partial charge is 0.493 e. The molecule has 27 heavy (non-hydrogen) atoms. The quantitative estimate of drug-likeness (QED) is 0.613. The van der Waals surface area contributed by atoms with Crippen LogP contribution in [0.1, 0.15) is 31.4 Å². The third-order valence-corrected chi connectivity index (χ3v) is 4.24. The number of rotatable bonds is 10. The summed E-state index contributed by atoms with van der Waals surface area (Å²) in [6, 6.07) is 15.7. The van der Waals surface area contributed by atoms with Crippen molar-refractivity contribution in [2.75, 3.05) is 26.4 Å². The molecule has 0 amide bonds. The van der Waals surface area contributed by atoms with E-state index in [-0.39, 0.29) is 13.2 Å². The van der Waals surface area contributed by atoms with Crippen molar-refractivity contribution >= 4 is 11.1 Å². The maximum Gasteiger partial charge on any atom is 0.119 e. The minimum absolute atomic E-state index is 0.0474. The van der Waals surface area contributed by atoms with Crippen LogP contribution in [0.25, 0.3) is 11.1 Å². The summed E-state index contributed by atoms with van der Waals surface area (Å²) in [5.41, 5.74) is 4.25. The van der Waals surface area contributed by atoms with Gasteiger partial charge in [-0.15, -0.1) is 0 Å². The summed E-state index contributed by atoms with van der Waals surface area (Å²) < 4.78 is 11.5. The second-order valence-corrected chi connectivity index (χ2v) is 6.24. The lowest BCUT2D eigenvalue weighted by Crippen LogP contribution is -2.05. The van der Waals surface area contributed by atoms with Crippen molar-refractivity contribution in [1.82, 2.24) is 0 Å². The van der Waals surface area contributed by atoms with Crippen molar-refractivity contribution in [1.29, 1.82) is 0 Å². The molecule has 2 aromatic carbocycles. The van der Waals surface area contributed by atoms with Crippen LogP contribution in [0.2, 0.25) is 0 Å². The summed E-state index contributed by atoms with van der Waals surface area (Å²) in [6.45, 7) is 5.21. The van der Waals surface area contributed by atoms with Gasteiger partial charge in [-0.3, -0.25) is 0 Å². The number of hydrogen-bond acceptors (Lipinski definition) is 4. The first-order chi connectivity index (χ1) is 13.1. The number of hydrogen-bond donors (Lipinski definition) is 2. The molecule has 0 radical (unpaired) electrons. The van der Waals surface area contributed by atoms with Crippen LogP contribution in [0, 0.1) is 0 Å². The van der Waals surface area contributed by atoms with Crippen LogP contribution in [-0.2, 0) is 0 Å². The summed E-state index contributed by atoms with van der Waals surface area (Å²) in [7, 11) is 0. The molecule has 144 valence electrons. The summed E-state index contributed by atoms with van der Waals surface area (Å²) in [6.07, 6.45) is 4.35. The van der Waals surface area contributed by atoms with E-state index in [1.54, 1.807) is 12.2 Å². The van der Waals surface area contributed by atoms with Gasteiger partial charge >= 0.3 is 0 Å². The summed E-state index contributed by atoms with van der Waals surface area (Å²) >= 11 is 0. The van der Waals surface area contributed by atoms with Crippen LogP contribution >= 0.6 is 0 Å². The maximum absolute atomic E-state index is 8.94. The lowest BCUT2D eigenvalue weighted by molar-refractivity contribution is 0.247. The lowest BCUT2D eigenvalue weighted by atomic mass is 10.1. The number of aliphatic hydroxyl groups is 2. The van der Waals surface area contributed by atoms with E-state index in [4.69, 9.17) is 19.7 Å². The van der Waals surface area contributed by atoms with E-state index < -0.39 is 0 Å². The van der Waals surface area contributed by atoms with E-state index >= 15 is 0 Å². The smallest absolute Gasteiger partial charge is 0.119 e. The average molecular weight is 368 g/mol. The van der Waals surface area contributed by atoms with Crippen molar-refractivity contribution in [2.45, 2.75) is 20.3 Å². The molecule has 0 saturated heterocycles. The van der Waals surface area contributed by atoms with Gasteiger partial charge in [-0.2, -0.15) is 0 Å². The highest BCUT2D eigenvalue weighted by Crippen LogP contribution is 2.19. The number of aliphatic hydroxyl groups excluding tert-OH is 2. The van der Waals surface area contributed by atoms with Crippen LogP contribution in [0.5, 0.6) is 11.5 Å². The standard InChI is InChI=1S/C23H28O4/c1-18(12-14-24)20-4-8-22(9-5-20)26-16-3-17-27-23-10-6-21(7-11-23)19(2)13-15-25/h4-13,24-25H,3,14-17H2,1-2H3/b18-12+,19-13+. The molecule has 4 heteroatoms. The van der Waals surface area contributed by atoms with Crippen LogP contribution in [0.4, 0.5) is 0 Å². The molecular formula is C23H28O4. The minimum atomic E-state index is 0.0474. The number of ether oxygens (including phenoxy) is 2. The number of benzene rings is 2. The zero-order valence-electron chi connectivity index (χ0n) is 16.0. The molecule has 0 bridgehead atoms. The normalized spacial score (nSPS) is 12.1. The molecule has 0 fully saturated rings. The molecule has 0 heterocycles.